The van der Waals surface area contributed by atoms with Gasteiger partial charge in [-0.25, -0.2) is 0 Å². The summed E-state index contributed by atoms with van der Waals surface area (Å²) in [6, 6.07) is 9.63. The first kappa shape index (κ1) is 27.2. The van der Waals surface area contributed by atoms with Crippen molar-refractivity contribution in [2.24, 2.45) is 0 Å². The van der Waals surface area contributed by atoms with Crippen LogP contribution in [0.1, 0.15) is 82.1 Å². The molecule has 0 bridgehead atoms. The fourth-order valence-corrected chi connectivity index (χ4v) is 5.16. The summed E-state index contributed by atoms with van der Waals surface area (Å²) in [5, 5.41) is 3.16. The second-order valence-electron chi connectivity index (χ2n) is 12.0. The molecule has 1 unspecified atom stereocenters. The largest absolute Gasteiger partial charge is 0.490 e. The van der Waals surface area contributed by atoms with E-state index >= 15 is 0 Å². The zero-order valence-electron chi connectivity index (χ0n) is 30.7. The summed E-state index contributed by atoms with van der Waals surface area (Å²) in [6.45, 7) is 13.8. The van der Waals surface area contributed by atoms with Crippen molar-refractivity contribution < 1.29 is 24.5 Å². The third kappa shape index (κ3) is 8.46. The molecule has 41 heavy (non-hydrogen) atoms. The number of carbonyl (C=O) groups excluding carboxylic acids is 1. The molecule has 0 saturated carbocycles. The zero-order valence-corrected chi connectivity index (χ0v) is 26.7. The van der Waals surface area contributed by atoms with Gasteiger partial charge in [-0.05, 0) is 88.3 Å². The Balaban J connectivity index is 1.82. The predicted octanol–water partition coefficient (Wildman–Crippen LogP) is 6.21. The van der Waals surface area contributed by atoms with Crippen LogP contribution in [0.15, 0.2) is 30.3 Å². The molecule has 0 radical (unpaired) electrons. The number of anilines is 1. The first-order valence-electron chi connectivity index (χ1n) is 16.7. The number of ether oxygens (including phenoxy) is 3. The van der Waals surface area contributed by atoms with E-state index in [1.54, 1.807) is 17.0 Å². The number of piperazine rings is 1. The molecule has 1 fully saturated rings. The molecule has 0 aliphatic carbocycles. The maximum atomic E-state index is 13.3. The Morgan fingerprint density at radius 1 is 1.12 bits per heavy atom. The minimum Gasteiger partial charge on any atom is -0.490 e. The molecule has 1 aliphatic heterocycles. The van der Waals surface area contributed by atoms with Gasteiger partial charge < -0.3 is 19.5 Å². The Morgan fingerprint density at radius 2 is 1.78 bits per heavy atom. The average Bonchev–Trinajstić information content (AvgIpc) is 2.94. The van der Waals surface area contributed by atoms with Gasteiger partial charge in [0.25, 0.3) is 0 Å². The van der Waals surface area contributed by atoms with Gasteiger partial charge in [0.15, 0.2) is 11.5 Å². The van der Waals surface area contributed by atoms with E-state index in [1.165, 1.54) is 14.0 Å². The number of methoxy groups -OCH3 is 1. The van der Waals surface area contributed by atoms with Gasteiger partial charge in [0.2, 0.25) is 5.91 Å². The smallest absolute Gasteiger partial charge is 0.238 e. The van der Waals surface area contributed by atoms with Crippen molar-refractivity contribution in [1.82, 2.24) is 9.80 Å². The Labute approximate surface area is 254 Å². The zero-order chi connectivity index (χ0) is 34.0. The van der Waals surface area contributed by atoms with Crippen LogP contribution in [-0.4, -0.2) is 79.8 Å². The molecule has 1 saturated heterocycles. The van der Waals surface area contributed by atoms with E-state index in [0.717, 1.165) is 34.4 Å². The molecule has 1 amide bonds. The Kier molecular flexibility index (Phi) is 9.33. The molecule has 7 nitrogen and oxygen atoms in total. The summed E-state index contributed by atoms with van der Waals surface area (Å²) >= 11 is 0. The van der Waals surface area contributed by atoms with Crippen molar-refractivity contribution in [3.63, 3.8) is 0 Å². The highest BCUT2D eigenvalue weighted by Crippen LogP contribution is 2.33. The molecule has 1 N–H and O–H groups in total. The van der Waals surface area contributed by atoms with Gasteiger partial charge in [-0.15, -0.1) is 0 Å². The van der Waals surface area contributed by atoms with Crippen molar-refractivity contribution in [2.75, 3.05) is 58.3 Å². The first-order valence-corrected chi connectivity index (χ1v) is 14.7. The molecule has 2 aromatic carbocycles. The molecular formula is C34H53N3O4. The standard InChI is InChI=1S/C34H53N3O4/c1-11-27-14-13-15-28(24(3)4)32(27)35-31(38)20-36-16-17-37(33(7,8)21-36)22-34(9,39-10)23-41-30-19-26(6)25(5)18-29(30)40-12-2/h13-15,18-19,24H,11-12,16-17,20-23H2,1-10H3,(H,35,38)/i22D2,23D2. The maximum Gasteiger partial charge on any atom is 0.238 e. The topological polar surface area (TPSA) is 63.3 Å². The van der Waals surface area contributed by atoms with Crippen molar-refractivity contribution in [2.45, 2.75) is 85.8 Å². The van der Waals surface area contributed by atoms with Crippen LogP contribution < -0.4 is 14.8 Å². The van der Waals surface area contributed by atoms with Crippen LogP contribution >= 0.6 is 0 Å². The maximum absolute atomic E-state index is 13.3. The fourth-order valence-electron chi connectivity index (χ4n) is 5.16. The summed E-state index contributed by atoms with van der Waals surface area (Å²) in [5.41, 5.74) is 2.10. The number of benzene rings is 2. The quantitative estimate of drug-likeness (QED) is 0.309. The number of rotatable bonds is 13. The highest BCUT2D eigenvalue weighted by atomic mass is 16.5. The molecule has 2 aromatic rings. The van der Waals surface area contributed by atoms with Crippen LogP contribution in [0.3, 0.4) is 0 Å². The molecule has 0 aromatic heterocycles. The second-order valence-corrected chi connectivity index (χ2v) is 12.0. The lowest BCUT2D eigenvalue weighted by Gasteiger charge is -2.49. The third-order valence-corrected chi connectivity index (χ3v) is 7.77. The number of hydrogen-bond donors (Lipinski definition) is 1. The van der Waals surface area contributed by atoms with Crippen molar-refractivity contribution in [3.05, 3.63) is 52.6 Å². The molecule has 1 aliphatic rings. The van der Waals surface area contributed by atoms with Gasteiger partial charge in [0.05, 0.1) is 15.9 Å². The van der Waals surface area contributed by atoms with Crippen LogP contribution in [0.4, 0.5) is 5.69 Å². The number of para-hydroxylation sites is 1. The van der Waals surface area contributed by atoms with E-state index in [-0.39, 0.29) is 30.7 Å². The van der Waals surface area contributed by atoms with Gasteiger partial charge in [0.1, 0.15) is 12.2 Å². The SMILES string of the molecule is [2H]C([2H])(Oc1cc(C)c(C)cc1OCC)C(C)(OC)C([2H])([2H])N1CCN(CC(=O)Nc2c(CC)cccc2C(C)C)CC1(C)C. The van der Waals surface area contributed by atoms with Gasteiger partial charge in [0, 0.05) is 47.2 Å². The Morgan fingerprint density at radius 3 is 2.34 bits per heavy atom. The molecule has 1 atom stereocenters. The summed E-state index contributed by atoms with van der Waals surface area (Å²) in [6.07, 6.45) is 0.808. The molecule has 3 rings (SSSR count). The molecular weight excluding hydrogens is 514 g/mol. The third-order valence-electron chi connectivity index (χ3n) is 7.77. The number of carbonyl (C=O) groups is 1. The number of amides is 1. The minimum absolute atomic E-state index is 0.116. The van der Waals surface area contributed by atoms with E-state index < -0.39 is 24.2 Å². The highest BCUT2D eigenvalue weighted by molar-refractivity contribution is 5.94. The lowest BCUT2D eigenvalue weighted by Crippen LogP contribution is -2.63. The van der Waals surface area contributed by atoms with Gasteiger partial charge >= 0.3 is 0 Å². The lowest BCUT2D eigenvalue weighted by molar-refractivity contribution is -0.120. The van der Waals surface area contributed by atoms with Crippen molar-refractivity contribution >= 4 is 11.6 Å². The van der Waals surface area contributed by atoms with Gasteiger partial charge in [-0.3, -0.25) is 14.6 Å². The van der Waals surface area contributed by atoms with Crippen molar-refractivity contribution in [3.8, 4) is 11.5 Å². The van der Waals surface area contributed by atoms with E-state index in [1.807, 2.05) is 51.7 Å². The predicted molar refractivity (Wildman–Crippen MR) is 169 cm³/mol. The van der Waals surface area contributed by atoms with Crippen LogP contribution in [0.5, 0.6) is 11.5 Å². The Hall–Kier alpha value is -2.61. The first-order chi connectivity index (χ1) is 20.8. The highest BCUT2D eigenvalue weighted by Gasteiger charge is 2.39. The summed E-state index contributed by atoms with van der Waals surface area (Å²) in [5.74, 6) is 0.717. The lowest BCUT2D eigenvalue weighted by atomic mass is 9.95. The van der Waals surface area contributed by atoms with Crippen LogP contribution in [0, 0.1) is 13.8 Å². The summed E-state index contributed by atoms with van der Waals surface area (Å²) in [7, 11) is 1.30. The molecule has 228 valence electrons. The molecule has 0 spiro atoms. The number of nitrogens with one attached hydrogen (secondary N) is 1. The summed E-state index contributed by atoms with van der Waals surface area (Å²) in [4.78, 5) is 17.0. The second kappa shape index (κ2) is 14.0. The fraction of sp³-hybridized carbons (Fsp3) is 0.618. The summed E-state index contributed by atoms with van der Waals surface area (Å²) < 4.78 is 54.2. The van der Waals surface area contributed by atoms with E-state index in [2.05, 4.69) is 32.2 Å². The normalized spacial score (nSPS) is 19.5. The monoisotopic (exact) mass is 571 g/mol. The van der Waals surface area contributed by atoms with E-state index in [9.17, 15) is 7.54 Å². The minimum atomic E-state index is -2.60. The van der Waals surface area contributed by atoms with Crippen LogP contribution in [-0.2, 0) is 16.0 Å². The Bertz CT molecular complexity index is 1350. The number of aryl methyl sites for hydroxylation is 3. The van der Waals surface area contributed by atoms with Crippen LogP contribution in [0.2, 0.25) is 0 Å². The van der Waals surface area contributed by atoms with E-state index in [0.29, 0.717) is 25.4 Å². The average molecular weight is 572 g/mol. The van der Waals surface area contributed by atoms with E-state index in [4.69, 9.17) is 17.0 Å². The van der Waals surface area contributed by atoms with Crippen molar-refractivity contribution in [1.29, 1.82) is 0 Å². The van der Waals surface area contributed by atoms with Gasteiger partial charge in [-0.1, -0.05) is 39.0 Å². The van der Waals surface area contributed by atoms with Crippen LogP contribution in [0.25, 0.3) is 0 Å². The number of hydrogen-bond acceptors (Lipinski definition) is 6. The number of nitrogens with zero attached hydrogens (tertiary/aromatic N) is 2. The van der Waals surface area contributed by atoms with Gasteiger partial charge in [-0.2, -0.15) is 0 Å². The molecule has 7 heteroatoms. The molecule has 1 heterocycles.